The van der Waals surface area contributed by atoms with Gasteiger partial charge < -0.3 is 15.4 Å². The molecule has 28 heavy (non-hydrogen) atoms. The zero-order chi connectivity index (χ0) is 20.1. The van der Waals surface area contributed by atoms with Crippen LogP contribution in [0.5, 0.6) is 5.75 Å². The number of nitrogens with zero attached hydrogens (tertiary/aromatic N) is 1. The standard InChI is InChI=1S/C20H15ClFN3O3/c1-28-18-7-6-14(21)9-17(18)25-20(27)13-8-12(10-23-11-13)19(26)24-16-5-3-2-4-15(16)22/h2-11H,1H3,(H,24,26)(H,25,27). The first-order valence-electron chi connectivity index (χ1n) is 8.14. The number of hydrogen-bond donors (Lipinski definition) is 2. The van der Waals surface area contributed by atoms with Gasteiger partial charge in [-0.05, 0) is 36.4 Å². The quantitative estimate of drug-likeness (QED) is 0.667. The largest absolute Gasteiger partial charge is 0.495 e. The summed E-state index contributed by atoms with van der Waals surface area (Å²) >= 11 is 5.96. The van der Waals surface area contributed by atoms with E-state index < -0.39 is 17.6 Å². The third kappa shape index (κ3) is 4.44. The molecule has 1 aromatic heterocycles. The number of hydrogen-bond acceptors (Lipinski definition) is 4. The van der Waals surface area contributed by atoms with E-state index in [1.165, 1.54) is 43.8 Å². The lowest BCUT2D eigenvalue weighted by Gasteiger charge is -2.11. The van der Waals surface area contributed by atoms with Crippen LogP contribution in [-0.2, 0) is 0 Å². The molecular formula is C20H15ClFN3O3. The van der Waals surface area contributed by atoms with Crippen molar-refractivity contribution in [2.45, 2.75) is 0 Å². The van der Waals surface area contributed by atoms with E-state index in [0.717, 1.165) is 0 Å². The number of ether oxygens (including phenoxy) is 1. The second-order valence-corrected chi connectivity index (χ2v) is 6.13. The highest BCUT2D eigenvalue weighted by atomic mass is 35.5. The van der Waals surface area contributed by atoms with Crippen LogP contribution in [0.1, 0.15) is 20.7 Å². The zero-order valence-corrected chi connectivity index (χ0v) is 15.5. The molecule has 2 amide bonds. The molecular weight excluding hydrogens is 385 g/mol. The van der Waals surface area contributed by atoms with Gasteiger partial charge >= 0.3 is 0 Å². The van der Waals surface area contributed by atoms with Crippen molar-refractivity contribution < 1.29 is 18.7 Å². The second kappa shape index (κ2) is 8.49. The molecule has 2 N–H and O–H groups in total. The van der Waals surface area contributed by atoms with Crippen LogP contribution in [0.4, 0.5) is 15.8 Å². The Kier molecular flexibility index (Phi) is 5.86. The molecule has 0 spiro atoms. The molecule has 0 aliphatic heterocycles. The van der Waals surface area contributed by atoms with E-state index in [2.05, 4.69) is 15.6 Å². The van der Waals surface area contributed by atoms with Crippen LogP contribution in [0.25, 0.3) is 0 Å². The minimum Gasteiger partial charge on any atom is -0.495 e. The number of benzene rings is 2. The molecule has 142 valence electrons. The normalized spacial score (nSPS) is 10.2. The summed E-state index contributed by atoms with van der Waals surface area (Å²) in [6.45, 7) is 0. The molecule has 1 heterocycles. The summed E-state index contributed by atoms with van der Waals surface area (Å²) in [5, 5.41) is 5.53. The smallest absolute Gasteiger partial charge is 0.257 e. The molecule has 3 aromatic rings. The lowest BCUT2D eigenvalue weighted by atomic mass is 10.1. The molecule has 8 heteroatoms. The number of para-hydroxylation sites is 1. The molecule has 0 unspecified atom stereocenters. The van der Waals surface area contributed by atoms with Gasteiger partial charge in [-0.3, -0.25) is 14.6 Å². The Labute approximate surface area is 165 Å². The average Bonchev–Trinajstić information content (AvgIpc) is 2.70. The Hall–Kier alpha value is -3.45. The SMILES string of the molecule is COc1ccc(Cl)cc1NC(=O)c1cncc(C(=O)Nc2ccccc2F)c1. The van der Waals surface area contributed by atoms with Gasteiger partial charge in [-0.15, -0.1) is 0 Å². The fourth-order valence-corrected chi connectivity index (χ4v) is 2.59. The monoisotopic (exact) mass is 399 g/mol. The third-order valence-electron chi connectivity index (χ3n) is 3.79. The van der Waals surface area contributed by atoms with Crippen molar-refractivity contribution in [2.75, 3.05) is 17.7 Å². The van der Waals surface area contributed by atoms with E-state index in [1.54, 1.807) is 24.3 Å². The van der Waals surface area contributed by atoms with Gasteiger partial charge in [0.1, 0.15) is 11.6 Å². The maximum atomic E-state index is 13.7. The van der Waals surface area contributed by atoms with Crippen LogP contribution in [0.15, 0.2) is 60.9 Å². The van der Waals surface area contributed by atoms with Crippen molar-refractivity contribution in [2.24, 2.45) is 0 Å². The fourth-order valence-electron chi connectivity index (χ4n) is 2.42. The molecule has 0 fully saturated rings. The van der Waals surface area contributed by atoms with Crippen LogP contribution >= 0.6 is 11.6 Å². The first-order valence-corrected chi connectivity index (χ1v) is 8.51. The maximum Gasteiger partial charge on any atom is 0.257 e. The van der Waals surface area contributed by atoms with Gasteiger partial charge in [-0.2, -0.15) is 0 Å². The lowest BCUT2D eigenvalue weighted by molar-refractivity contribution is 0.102. The fraction of sp³-hybridized carbons (Fsp3) is 0.0500. The van der Waals surface area contributed by atoms with E-state index in [9.17, 15) is 14.0 Å². The Morgan fingerprint density at radius 1 is 0.964 bits per heavy atom. The number of amides is 2. The summed E-state index contributed by atoms with van der Waals surface area (Å²) in [7, 11) is 1.47. The van der Waals surface area contributed by atoms with E-state index in [0.29, 0.717) is 16.5 Å². The van der Waals surface area contributed by atoms with Crippen molar-refractivity contribution in [3.05, 3.63) is 82.9 Å². The molecule has 0 saturated heterocycles. The molecule has 0 aliphatic rings. The molecule has 2 aromatic carbocycles. The number of nitrogens with one attached hydrogen (secondary N) is 2. The van der Waals surface area contributed by atoms with Gasteiger partial charge in [-0.1, -0.05) is 23.7 Å². The topological polar surface area (TPSA) is 80.3 Å². The zero-order valence-electron chi connectivity index (χ0n) is 14.7. The first kappa shape index (κ1) is 19.3. The van der Waals surface area contributed by atoms with Gasteiger partial charge in [0.2, 0.25) is 0 Å². The van der Waals surface area contributed by atoms with E-state index in [4.69, 9.17) is 16.3 Å². The highest BCUT2D eigenvalue weighted by Crippen LogP contribution is 2.28. The summed E-state index contributed by atoms with van der Waals surface area (Å²) in [4.78, 5) is 28.8. The van der Waals surface area contributed by atoms with Crippen LogP contribution in [0.3, 0.4) is 0 Å². The molecule has 0 radical (unpaired) electrons. The number of halogens is 2. The summed E-state index contributed by atoms with van der Waals surface area (Å²) in [6.07, 6.45) is 2.60. The minimum atomic E-state index is -0.590. The molecule has 0 atom stereocenters. The molecule has 0 aliphatic carbocycles. The predicted octanol–water partition coefficient (Wildman–Crippen LogP) is 4.39. The van der Waals surface area contributed by atoms with Crippen LogP contribution in [0.2, 0.25) is 5.02 Å². The molecule has 0 bridgehead atoms. The van der Waals surface area contributed by atoms with Gasteiger partial charge in [0, 0.05) is 17.4 Å². The van der Waals surface area contributed by atoms with Crippen LogP contribution in [-0.4, -0.2) is 23.9 Å². The van der Waals surface area contributed by atoms with E-state index in [-0.39, 0.29) is 16.8 Å². The second-order valence-electron chi connectivity index (χ2n) is 5.69. The number of anilines is 2. The predicted molar refractivity (Wildman–Crippen MR) is 105 cm³/mol. The summed E-state index contributed by atoms with van der Waals surface area (Å²) in [5.41, 5.74) is 0.657. The van der Waals surface area contributed by atoms with Gasteiger partial charge in [-0.25, -0.2) is 4.39 Å². The Morgan fingerprint density at radius 3 is 2.25 bits per heavy atom. The summed E-state index contributed by atoms with van der Waals surface area (Å²) < 4.78 is 18.9. The molecule has 3 rings (SSSR count). The number of carbonyl (C=O) groups is 2. The minimum absolute atomic E-state index is 0.0334. The maximum absolute atomic E-state index is 13.7. The number of rotatable bonds is 5. The van der Waals surface area contributed by atoms with Gasteiger partial charge in [0.25, 0.3) is 11.8 Å². The van der Waals surface area contributed by atoms with E-state index >= 15 is 0 Å². The van der Waals surface area contributed by atoms with Gasteiger partial charge in [0.05, 0.1) is 29.6 Å². The van der Waals surface area contributed by atoms with Crippen molar-refractivity contribution in [1.82, 2.24) is 4.98 Å². The summed E-state index contributed by atoms with van der Waals surface area (Å²) in [5.74, 6) is -1.23. The number of pyridine rings is 1. The average molecular weight is 400 g/mol. The van der Waals surface area contributed by atoms with Crippen molar-refractivity contribution >= 4 is 34.8 Å². The lowest BCUT2D eigenvalue weighted by Crippen LogP contribution is -2.17. The third-order valence-corrected chi connectivity index (χ3v) is 4.03. The highest BCUT2D eigenvalue weighted by molar-refractivity contribution is 6.31. The Balaban J connectivity index is 1.79. The molecule has 6 nitrogen and oxygen atoms in total. The number of methoxy groups -OCH3 is 1. The first-order chi connectivity index (χ1) is 13.5. The van der Waals surface area contributed by atoms with Crippen molar-refractivity contribution in [3.8, 4) is 5.75 Å². The van der Waals surface area contributed by atoms with Gasteiger partial charge in [0.15, 0.2) is 0 Å². The Bertz CT molecular complexity index is 1040. The van der Waals surface area contributed by atoms with Crippen molar-refractivity contribution in [1.29, 1.82) is 0 Å². The van der Waals surface area contributed by atoms with E-state index in [1.807, 2.05) is 0 Å². The Morgan fingerprint density at radius 2 is 1.61 bits per heavy atom. The van der Waals surface area contributed by atoms with Crippen LogP contribution < -0.4 is 15.4 Å². The molecule has 0 saturated carbocycles. The van der Waals surface area contributed by atoms with Crippen molar-refractivity contribution in [3.63, 3.8) is 0 Å². The number of aromatic nitrogens is 1. The highest BCUT2D eigenvalue weighted by Gasteiger charge is 2.15. The number of carbonyl (C=O) groups excluding carboxylic acids is 2. The summed E-state index contributed by atoms with van der Waals surface area (Å²) in [6, 6.07) is 11.9. The van der Waals surface area contributed by atoms with Crippen LogP contribution in [0, 0.1) is 5.82 Å².